The van der Waals surface area contributed by atoms with Crippen LogP contribution in [0.15, 0.2) is 72.8 Å². The highest BCUT2D eigenvalue weighted by Gasteiger charge is 2.29. The predicted octanol–water partition coefficient (Wildman–Crippen LogP) is 4.96. The molecule has 7 nitrogen and oxygen atoms in total. The number of carbonyl (C=O) groups excluding carboxylic acids is 2. The molecule has 180 valence electrons. The molecule has 7 heteroatoms. The van der Waals surface area contributed by atoms with Gasteiger partial charge in [-0.05, 0) is 46.4 Å². The number of carboxylic acid groups (broad SMARTS) is 1. The van der Waals surface area contributed by atoms with Crippen LogP contribution in [0, 0.1) is 0 Å². The number of ether oxygens (including phenoxy) is 1. The lowest BCUT2D eigenvalue weighted by Gasteiger charge is -2.19. The van der Waals surface area contributed by atoms with Crippen LogP contribution >= 0.6 is 0 Å². The van der Waals surface area contributed by atoms with Crippen molar-refractivity contribution in [3.63, 3.8) is 0 Å². The molecule has 3 aromatic carbocycles. The van der Waals surface area contributed by atoms with Crippen LogP contribution in [-0.2, 0) is 20.7 Å². The van der Waals surface area contributed by atoms with Crippen molar-refractivity contribution in [1.82, 2.24) is 5.32 Å². The number of benzene rings is 3. The van der Waals surface area contributed by atoms with Gasteiger partial charge in [-0.1, -0.05) is 67.6 Å². The molecule has 1 aliphatic carbocycles. The first-order valence-corrected chi connectivity index (χ1v) is 11.7. The number of nitrogens with one attached hydrogen (secondary N) is 2. The zero-order valence-electron chi connectivity index (χ0n) is 19.5. The smallest absolute Gasteiger partial charge is 0.407 e. The molecule has 3 N–H and O–H groups in total. The predicted molar refractivity (Wildman–Crippen MR) is 133 cm³/mol. The summed E-state index contributed by atoms with van der Waals surface area (Å²) in [5.41, 5.74) is 5.83. The molecule has 0 heterocycles. The van der Waals surface area contributed by atoms with Crippen molar-refractivity contribution in [2.75, 3.05) is 11.9 Å². The van der Waals surface area contributed by atoms with E-state index in [0.717, 1.165) is 22.3 Å². The van der Waals surface area contributed by atoms with Crippen LogP contribution in [0.3, 0.4) is 0 Å². The normalized spacial score (nSPS) is 12.8. The fourth-order valence-corrected chi connectivity index (χ4v) is 4.42. The van der Waals surface area contributed by atoms with Crippen molar-refractivity contribution < 1.29 is 24.2 Å². The Labute approximate surface area is 204 Å². The highest BCUT2D eigenvalue weighted by atomic mass is 16.5. The Kier molecular flexibility index (Phi) is 7.45. The van der Waals surface area contributed by atoms with Crippen molar-refractivity contribution in [1.29, 1.82) is 0 Å². The van der Waals surface area contributed by atoms with Crippen LogP contribution in [0.1, 0.15) is 42.4 Å². The number of anilines is 1. The van der Waals surface area contributed by atoms with Crippen LogP contribution in [0.5, 0.6) is 0 Å². The monoisotopic (exact) mass is 472 g/mol. The Morgan fingerprint density at radius 3 is 2.09 bits per heavy atom. The van der Waals surface area contributed by atoms with Gasteiger partial charge in [-0.3, -0.25) is 9.59 Å². The zero-order chi connectivity index (χ0) is 24.8. The van der Waals surface area contributed by atoms with Crippen molar-refractivity contribution in [3.8, 4) is 11.1 Å². The molecule has 0 fully saturated rings. The molecule has 0 aliphatic heterocycles. The third kappa shape index (κ3) is 5.87. The Balaban J connectivity index is 1.30. The first-order valence-electron chi connectivity index (χ1n) is 11.7. The number of carboxylic acids is 1. The number of aliphatic carboxylic acids is 1. The van der Waals surface area contributed by atoms with Crippen molar-refractivity contribution in [3.05, 3.63) is 89.5 Å². The number of fused-ring (bicyclic) bond motifs is 3. The lowest BCUT2D eigenvalue weighted by atomic mass is 9.98. The molecule has 3 aromatic rings. The van der Waals surface area contributed by atoms with E-state index in [-0.39, 0.29) is 37.3 Å². The van der Waals surface area contributed by atoms with Gasteiger partial charge < -0.3 is 20.5 Å². The highest BCUT2D eigenvalue weighted by Crippen LogP contribution is 2.44. The van der Waals surface area contributed by atoms with Crippen LogP contribution in [0.25, 0.3) is 11.1 Å². The Morgan fingerprint density at radius 2 is 1.51 bits per heavy atom. The second-order valence-electron chi connectivity index (χ2n) is 8.59. The summed E-state index contributed by atoms with van der Waals surface area (Å²) in [4.78, 5) is 35.8. The van der Waals surface area contributed by atoms with Crippen LogP contribution in [0.4, 0.5) is 10.5 Å². The van der Waals surface area contributed by atoms with Gasteiger partial charge in [-0.15, -0.1) is 0 Å². The molecule has 0 saturated heterocycles. The summed E-state index contributed by atoms with van der Waals surface area (Å²) < 4.78 is 5.59. The summed E-state index contributed by atoms with van der Waals surface area (Å²) in [5.74, 6) is -1.19. The third-order valence-electron chi connectivity index (χ3n) is 6.18. The van der Waals surface area contributed by atoms with Gasteiger partial charge in [0.25, 0.3) is 0 Å². The van der Waals surface area contributed by atoms with Crippen LogP contribution in [-0.4, -0.2) is 35.7 Å². The summed E-state index contributed by atoms with van der Waals surface area (Å²) in [6.45, 7) is 2.10. The second kappa shape index (κ2) is 10.9. The summed E-state index contributed by atoms with van der Waals surface area (Å²) in [7, 11) is 0. The van der Waals surface area contributed by atoms with Gasteiger partial charge in [0.05, 0.1) is 6.42 Å². The van der Waals surface area contributed by atoms with E-state index >= 15 is 0 Å². The van der Waals surface area contributed by atoms with Crippen LogP contribution < -0.4 is 10.6 Å². The molecule has 0 spiro atoms. The topological polar surface area (TPSA) is 105 Å². The Hall–Kier alpha value is -4.13. The van der Waals surface area contributed by atoms with E-state index in [4.69, 9.17) is 9.84 Å². The lowest BCUT2D eigenvalue weighted by Crippen LogP contribution is -2.38. The van der Waals surface area contributed by atoms with Gasteiger partial charge in [-0.2, -0.15) is 0 Å². The van der Waals surface area contributed by atoms with Gasteiger partial charge in [0.15, 0.2) is 0 Å². The molecule has 35 heavy (non-hydrogen) atoms. The molecule has 0 radical (unpaired) electrons. The number of hydrogen-bond acceptors (Lipinski definition) is 4. The molecule has 0 aromatic heterocycles. The van der Waals surface area contributed by atoms with E-state index in [1.54, 1.807) is 24.3 Å². The molecule has 2 amide bonds. The van der Waals surface area contributed by atoms with Crippen molar-refractivity contribution in [2.24, 2.45) is 0 Å². The van der Waals surface area contributed by atoms with Gasteiger partial charge in [0, 0.05) is 24.1 Å². The van der Waals surface area contributed by atoms with Crippen LogP contribution in [0.2, 0.25) is 0 Å². The van der Waals surface area contributed by atoms with E-state index in [1.807, 2.05) is 31.2 Å². The third-order valence-corrected chi connectivity index (χ3v) is 6.18. The maximum atomic E-state index is 12.5. The molecule has 4 rings (SSSR count). The standard InChI is InChI=1S/C28H28N2O5/c1-2-19(16-26(31)29-20-13-11-18(12-14-20)15-27(32)33)30-28(34)35-17-25-23-9-5-3-7-21(23)22-8-4-6-10-24(22)25/h3-14,19,25H,2,15-17H2,1H3,(H,29,31)(H,30,34)(H,32,33). The zero-order valence-corrected chi connectivity index (χ0v) is 19.5. The molecular formula is C28H28N2O5. The molecular weight excluding hydrogens is 444 g/mol. The highest BCUT2D eigenvalue weighted by molar-refractivity contribution is 5.91. The Morgan fingerprint density at radius 1 is 0.914 bits per heavy atom. The summed E-state index contributed by atoms with van der Waals surface area (Å²) in [6, 6.07) is 22.6. The minimum atomic E-state index is -0.910. The van der Waals surface area contributed by atoms with Crippen molar-refractivity contribution >= 4 is 23.7 Å². The maximum absolute atomic E-state index is 12.5. The molecule has 1 unspecified atom stereocenters. The van der Waals surface area contributed by atoms with E-state index in [1.165, 1.54) is 0 Å². The molecule has 0 bridgehead atoms. The molecule has 1 aliphatic rings. The van der Waals surface area contributed by atoms with E-state index < -0.39 is 12.1 Å². The van der Waals surface area contributed by atoms with Crippen molar-refractivity contribution in [2.45, 2.75) is 38.1 Å². The number of amides is 2. The summed E-state index contributed by atoms with van der Waals surface area (Å²) in [5, 5.41) is 14.4. The average Bonchev–Trinajstić information content (AvgIpc) is 3.17. The first-order chi connectivity index (χ1) is 16.9. The number of carbonyl (C=O) groups is 3. The average molecular weight is 473 g/mol. The van der Waals surface area contributed by atoms with E-state index in [0.29, 0.717) is 17.7 Å². The van der Waals surface area contributed by atoms with Gasteiger partial charge in [0.1, 0.15) is 6.61 Å². The number of hydrogen-bond donors (Lipinski definition) is 3. The fourth-order valence-electron chi connectivity index (χ4n) is 4.42. The van der Waals surface area contributed by atoms with E-state index in [9.17, 15) is 14.4 Å². The van der Waals surface area contributed by atoms with Gasteiger partial charge in [-0.25, -0.2) is 4.79 Å². The quantitative estimate of drug-likeness (QED) is 0.408. The van der Waals surface area contributed by atoms with E-state index in [2.05, 4.69) is 34.9 Å². The SMILES string of the molecule is CCC(CC(=O)Nc1ccc(CC(=O)O)cc1)NC(=O)OCC1c2ccccc2-c2ccccc21. The number of alkyl carbamates (subject to hydrolysis) is 1. The molecule has 1 atom stereocenters. The van der Waals surface area contributed by atoms with Gasteiger partial charge in [0.2, 0.25) is 5.91 Å². The number of rotatable bonds is 9. The second-order valence-corrected chi connectivity index (χ2v) is 8.59. The van der Waals surface area contributed by atoms with Gasteiger partial charge >= 0.3 is 12.1 Å². The summed E-state index contributed by atoms with van der Waals surface area (Å²) >= 11 is 0. The first kappa shape index (κ1) is 24.0. The maximum Gasteiger partial charge on any atom is 0.407 e. The lowest BCUT2D eigenvalue weighted by molar-refractivity contribution is -0.136. The fraction of sp³-hybridized carbons (Fsp3) is 0.250. The minimum absolute atomic E-state index is 0.0272. The summed E-state index contributed by atoms with van der Waals surface area (Å²) in [6.07, 6.45) is 0.0349. The largest absolute Gasteiger partial charge is 0.481 e. The molecule has 0 saturated carbocycles. The Bertz CT molecular complexity index is 1180. The minimum Gasteiger partial charge on any atom is -0.481 e.